The second-order valence-electron chi connectivity index (χ2n) is 4.37. The van der Waals surface area contributed by atoms with Gasteiger partial charge in [0, 0.05) is 22.3 Å². The number of rotatable bonds is 5. The monoisotopic (exact) mass is 357 g/mol. The predicted octanol–water partition coefficient (Wildman–Crippen LogP) is 3.84. The van der Waals surface area contributed by atoms with E-state index in [0.29, 0.717) is 0 Å². The van der Waals surface area contributed by atoms with Crippen LogP contribution in [0.2, 0.25) is 10.0 Å². The van der Waals surface area contributed by atoms with Crippen molar-refractivity contribution in [3.63, 3.8) is 0 Å². The molecular formula is C12H14Cl3NO3S. The van der Waals surface area contributed by atoms with Crippen molar-refractivity contribution in [1.82, 2.24) is 5.32 Å². The zero-order chi connectivity index (χ0) is 15.5. The molecule has 1 N–H and O–H groups in total. The Labute approximate surface area is 132 Å². The second-order valence-corrected chi connectivity index (χ2v) is 7.69. The third kappa shape index (κ3) is 4.52. The van der Waals surface area contributed by atoms with Crippen LogP contribution in [-0.4, -0.2) is 20.4 Å². The highest BCUT2D eigenvalue weighted by Crippen LogP contribution is 2.32. The first-order chi connectivity index (χ1) is 9.16. The van der Waals surface area contributed by atoms with Crippen LogP contribution in [0.4, 0.5) is 0 Å². The maximum absolute atomic E-state index is 12.0. The third-order valence-corrected chi connectivity index (χ3v) is 4.88. The van der Waals surface area contributed by atoms with Crippen molar-refractivity contribution in [2.75, 3.05) is 0 Å². The Morgan fingerprint density at radius 1 is 1.35 bits per heavy atom. The quantitative estimate of drug-likeness (QED) is 0.813. The van der Waals surface area contributed by atoms with Gasteiger partial charge in [-0.3, -0.25) is 4.79 Å². The standard InChI is InChI=1S/C12H14Cl3NO3S/c1-3-4-7(2)16-12(17)8-5-9(13)11(14)10(6-8)20(15,18)19/h5-7H,3-4H2,1-2H3,(H,16,17). The van der Waals surface area contributed by atoms with E-state index in [4.69, 9.17) is 33.9 Å². The van der Waals surface area contributed by atoms with E-state index in [1.54, 1.807) is 0 Å². The van der Waals surface area contributed by atoms with Gasteiger partial charge in [-0.2, -0.15) is 0 Å². The minimum atomic E-state index is -4.07. The Morgan fingerprint density at radius 2 is 1.95 bits per heavy atom. The van der Waals surface area contributed by atoms with Crippen molar-refractivity contribution in [2.24, 2.45) is 0 Å². The molecule has 0 aromatic heterocycles. The number of nitrogens with one attached hydrogen (secondary N) is 1. The molecule has 0 bridgehead atoms. The van der Waals surface area contributed by atoms with Crippen molar-refractivity contribution >= 4 is 48.8 Å². The lowest BCUT2D eigenvalue weighted by Gasteiger charge is -2.13. The number of benzene rings is 1. The van der Waals surface area contributed by atoms with Gasteiger partial charge in [0.15, 0.2) is 0 Å². The van der Waals surface area contributed by atoms with Crippen LogP contribution in [-0.2, 0) is 9.05 Å². The van der Waals surface area contributed by atoms with E-state index in [0.717, 1.165) is 18.9 Å². The van der Waals surface area contributed by atoms with E-state index in [-0.39, 0.29) is 26.5 Å². The van der Waals surface area contributed by atoms with Crippen LogP contribution in [0.15, 0.2) is 17.0 Å². The molecule has 0 heterocycles. The fourth-order valence-electron chi connectivity index (χ4n) is 1.68. The molecule has 0 aliphatic heterocycles. The topological polar surface area (TPSA) is 63.2 Å². The van der Waals surface area contributed by atoms with Gasteiger partial charge in [0.25, 0.3) is 15.0 Å². The normalized spacial score (nSPS) is 13.1. The summed E-state index contributed by atoms with van der Waals surface area (Å²) in [7, 11) is 1.19. The number of carbonyl (C=O) groups excluding carboxylic acids is 1. The van der Waals surface area contributed by atoms with Crippen molar-refractivity contribution in [1.29, 1.82) is 0 Å². The van der Waals surface area contributed by atoms with Gasteiger partial charge in [-0.1, -0.05) is 36.5 Å². The average molecular weight is 359 g/mol. The highest BCUT2D eigenvalue weighted by atomic mass is 35.7. The summed E-state index contributed by atoms with van der Waals surface area (Å²) in [5.41, 5.74) is 0.0987. The fraction of sp³-hybridized carbons (Fsp3) is 0.417. The van der Waals surface area contributed by atoms with E-state index in [1.165, 1.54) is 6.07 Å². The molecule has 0 fully saturated rings. The second kappa shape index (κ2) is 6.98. The smallest absolute Gasteiger partial charge is 0.262 e. The SMILES string of the molecule is CCCC(C)NC(=O)c1cc(Cl)c(Cl)c(S(=O)(=O)Cl)c1. The maximum Gasteiger partial charge on any atom is 0.262 e. The minimum Gasteiger partial charge on any atom is -0.350 e. The molecule has 0 spiro atoms. The van der Waals surface area contributed by atoms with Crippen molar-refractivity contribution < 1.29 is 13.2 Å². The Kier molecular flexibility index (Phi) is 6.13. The molecule has 1 aromatic carbocycles. The molecule has 0 aliphatic carbocycles. The summed E-state index contributed by atoms with van der Waals surface area (Å²) in [4.78, 5) is 11.6. The lowest BCUT2D eigenvalue weighted by molar-refractivity contribution is 0.0938. The summed E-state index contributed by atoms with van der Waals surface area (Å²) in [6.07, 6.45) is 1.73. The van der Waals surface area contributed by atoms with E-state index in [2.05, 4.69) is 5.32 Å². The summed E-state index contributed by atoms with van der Waals surface area (Å²) in [5, 5.41) is 2.51. The Hall–Kier alpha value is -0.490. The lowest BCUT2D eigenvalue weighted by Crippen LogP contribution is -2.32. The third-order valence-electron chi connectivity index (χ3n) is 2.62. The molecule has 8 heteroatoms. The Balaban J connectivity index is 3.15. The first kappa shape index (κ1) is 17.6. The minimum absolute atomic E-state index is 0.0296. The molecular weight excluding hydrogens is 345 g/mol. The zero-order valence-corrected chi connectivity index (χ0v) is 14.0. The maximum atomic E-state index is 12.0. The van der Waals surface area contributed by atoms with Crippen molar-refractivity contribution in [3.05, 3.63) is 27.7 Å². The van der Waals surface area contributed by atoms with Crippen LogP contribution in [0.5, 0.6) is 0 Å². The summed E-state index contributed by atoms with van der Waals surface area (Å²) in [6.45, 7) is 3.86. The molecule has 0 saturated heterocycles. The molecule has 0 radical (unpaired) electrons. The summed E-state index contributed by atoms with van der Waals surface area (Å²) >= 11 is 11.6. The van der Waals surface area contributed by atoms with Gasteiger partial charge in [-0.15, -0.1) is 0 Å². The number of amides is 1. The largest absolute Gasteiger partial charge is 0.350 e. The van der Waals surface area contributed by atoms with Crippen LogP contribution in [0.1, 0.15) is 37.0 Å². The van der Waals surface area contributed by atoms with Gasteiger partial charge in [0.2, 0.25) is 0 Å². The zero-order valence-electron chi connectivity index (χ0n) is 10.9. The summed E-state index contributed by atoms with van der Waals surface area (Å²) in [5.74, 6) is -0.425. The number of hydrogen-bond donors (Lipinski definition) is 1. The number of carbonyl (C=O) groups is 1. The molecule has 1 rings (SSSR count). The van der Waals surface area contributed by atoms with Crippen LogP contribution >= 0.6 is 33.9 Å². The van der Waals surface area contributed by atoms with Crippen molar-refractivity contribution in [3.8, 4) is 0 Å². The Bertz CT molecular complexity index is 617. The molecule has 0 saturated carbocycles. The number of halogens is 3. The molecule has 1 aromatic rings. The van der Waals surface area contributed by atoms with E-state index in [1.807, 2.05) is 13.8 Å². The van der Waals surface area contributed by atoms with Crippen molar-refractivity contribution in [2.45, 2.75) is 37.6 Å². The fourth-order valence-corrected chi connectivity index (χ4v) is 3.45. The molecule has 20 heavy (non-hydrogen) atoms. The van der Waals surface area contributed by atoms with Gasteiger partial charge in [0.1, 0.15) is 4.90 Å². The first-order valence-corrected chi connectivity index (χ1v) is 8.98. The Morgan fingerprint density at radius 3 is 2.45 bits per heavy atom. The van der Waals surface area contributed by atoms with Crippen LogP contribution in [0.25, 0.3) is 0 Å². The van der Waals surface area contributed by atoms with Gasteiger partial charge in [-0.05, 0) is 25.5 Å². The van der Waals surface area contributed by atoms with E-state index in [9.17, 15) is 13.2 Å². The van der Waals surface area contributed by atoms with E-state index < -0.39 is 15.0 Å². The predicted molar refractivity (Wildman–Crippen MR) is 81.3 cm³/mol. The molecule has 112 valence electrons. The van der Waals surface area contributed by atoms with Gasteiger partial charge < -0.3 is 5.32 Å². The molecule has 1 atom stereocenters. The molecule has 1 unspecified atom stereocenters. The molecule has 4 nitrogen and oxygen atoms in total. The highest BCUT2D eigenvalue weighted by molar-refractivity contribution is 8.13. The van der Waals surface area contributed by atoms with Crippen LogP contribution < -0.4 is 5.32 Å². The van der Waals surface area contributed by atoms with Gasteiger partial charge in [0.05, 0.1) is 10.0 Å². The van der Waals surface area contributed by atoms with E-state index >= 15 is 0 Å². The number of hydrogen-bond acceptors (Lipinski definition) is 3. The lowest BCUT2D eigenvalue weighted by atomic mass is 10.1. The highest BCUT2D eigenvalue weighted by Gasteiger charge is 2.21. The van der Waals surface area contributed by atoms with Gasteiger partial charge in [-0.25, -0.2) is 8.42 Å². The average Bonchev–Trinajstić information content (AvgIpc) is 2.30. The summed E-state index contributed by atoms with van der Waals surface area (Å²) in [6, 6.07) is 2.39. The van der Waals surface area contributed by atoms with Crippen LogP contribution in [0, 0.1) is 0 Å². The molecule has 0 aliphatic rings. The first-order valence-electron chi connectivity index (χ1n) is 5.91. The van der Waals surface area contributed by atoms with Crippen LogP contribution in [0.3, 0.4) is 0 Å². The summed E-state index contributed by atoms with van der Waals surface area (Å²) < 4.78 is 22.8. The molecule has 1 amide bonds. The van der Waals surface area contributed by atoms with Gasteiger partial charge >= 0.3 is 0 Å².